The van der Waals surface area contributed by atoms with Crippen molar-refractivity contribution in [3.8, 4) is 66.8 Å². The molecular formula is C70H42. The molecule has 0 bridgehead atoms. The van der Waals surface area contributed by atoms with Crippen molar-refractivity contribution >= 4 is 43.1 Å². The van der Waals surface area contributed by atoms with Gasteiger partial charge in [0.15, 0.2) is 0 Å². The Kier molecular flexibility index (Phi) is 8.46. The zero-order valence-electron chi connectivity index (χ0n) is 38.2. The van der Waals surface area contributed by atoms with Crippen LogP contribution in [-0.4, -0.2) is 0 Å². The minimum absolute atomic E-state index is 1.21. The van der Waals surface area contributed by atoms with Gasteiger partial charge in [-0.25, -0.2) is 0 Å². The molecule has 0 N–H and O–H groups in total. The molecule has 0 heterocycles. The predicted octanol–water partition coefficient (Wildman–Crippen LogP) is 18.1. The largest absolute Gasteiger partial charge is 0.0622 e. The van der Waals surface area contributed by atoms with Gasteiger partial charge in [-0.2, -0.15) is 0 Å². The highest BCUT2D eigenvalue weighted by Gasteiger charge is 2.26. The molecule has 0 saturated carbocycles. The van der Waals surface area contributed by atoms with Crippen LogP contribution in [0.15, 0.2) is 255 Å². The van der Waals surface area contributed by atoms with Gasteiger partial charge < -0.3 is 0 Å². The summed E-state index contributed by atoms with van der Waals surface area (Å²) in [5.41, 5.74) is 15.0. The molecule has 0 aromatic heterocycles. The third-order valence-corrected chi connectivity index (χ3v) is 15.3. The smallest absolute Gasteiger partial charge is 0.000718 e. The summed E-state index contributed by atoms with van der Waals surface area (Å²) >= 11 is 0. The van der Waals surface area contributed by atoms with Crippen molar-refractivity contribution in [3.05, 3.63) is 297 Å². The van der Waals surface area contributed by atoms with E-state index in [9.17, 15) is 0 Å². The van der Waals surface area contributed by atoms with Gasteiger partial charge in [-0.15, -0.1) is 0 Å². The van der Waals surface area contributed by atoms with Gasteiger partial charge in [0.2, 0.25) is 0 Å². The monoisotopic (exact) mass is 882 g/mol. The van der Waals surface area contributed by atoms with Crippen molar-refractivity contribution in [1.82, 2.24) is 0 Å². The molecular weight excluding hydrogens is 841 g/mol. The lowest BCUT2D eigenvalue weighted by atomic mass is 9.84. The van der Waals surface area contributed by atoms with Gasteiger partial charge in [0.05, 0.1) is 0 Å². The third kappa shape index (κ3) is 5.53. The Balaban J connectivity index is 1.24. The van der Waals surface area contributed by atoms with Crippen LogP contribution >= 0.6 is 0 Å². The van der Waals surface area contributed by atoms with E-state index < -0.39 is 0 Å². The predicted molar refractivity (Wildman–Crippen MR) is 293 cm³/mol. The maximum atomic E-state index is 2.48. The summed E-state index contributed by atoms with van der Waals surface area (Å²) in [5, 5.41) is 20.6. The first kappa shape index (κ1) is 38.9. The van der Waals surface area contributed by atoms with Crippen LogP contribution in [0.4, 0.5) is 0 Å². The quantitative estimate of drug-likeness (QED) is 0.146. The topological polar surface area (TPSA) is 0 Å². The Morgan fingerprint density at radius 1 is 0.186 bits per heavy atom. The first-order chi connectivity index (χ1) is 34.8. The van der Waals surface area contributed by atoms with Crippen molar-refractivity contribution in [2.45, 2.75) is 0 Å². The molecule has 15 rings (SSSR count). The molecule has 0 radical (unpaired) electrons. The Morgan fingerprint density at radius 2 is 0.471 bits per heavy atom. The van der Waals surface area contributed by atoms with Crippen molar-refractivity contribution in [3.63, 3.8) is 0 Å². The molecule has 2 aliphatic rings. The van der Waals surface area contributed by atoms with Gasteiger partial charge in [0.1, 0.15) is 0 Å². The van der Waals surface area contributed by atoms with E-state index in [2.05, 4.69) is 255 Å². The summed E-state index contributed by atoms with van der Waals surface area (Å²) in [7, 11) is 0. The van der Waals surface area contributed by atoms with Crippen molar-refractivity contribution in [1.29, 1.82) is 0 Å². The molecule has 0 amide bonds. The first-order valence-corrected chi connectivity index (χ1v) is 24.4. The Labute approximate surface area is 404 Å². The van der Waals surface area contributed by atoms with E-state index >= 15 is 0 Å². The molecule has 0 fully saturated rings. The average Bonchev–Trinajstić information content (AvgIpc) is 3.94. The highest BCUT2D eigenvalue weighted by molar-refractivity contribution is 6.14. The Hall–Kier alpha value is -9.10. The van der Waals surface area contributed by atoms with Crippen LogP contribution in [-0.2, 0) is 0 Å². The van der Waals surface area contributed by atoms with E-state index in [0.29, 0.717) is 0 Å². The van der Waals surface area contributed by atoms with Crippen LogP contribution in [0.1, 0.15) is 0 Å². The number of hydrogen-bond donors (Lipinski definition) is 0. The zero-order valence-corrected chi connectivity index (χ0v) is 38.2. The summed E-state index contributed by atoms with van der Waals surface area (Å²) in [4.78, 5) is 0. The lowest BCUT2D eigenvalue weighted by molar-refractivity contribution is 1.47. The number of rotatable bonds is 6. The summed E-state index contributed by atoms with van der Waals surface area (Å²) < 4.78 is 0. The maximum Gasteiger partial charge on any atom is -0.000718 e. The summed E-state index contributed by atoms with van der Waals surface area (Å²) in [6, 6.07) is 95.1. The van der Waals surface area contributed by atoms with Crippen molar-refractivity contribution in [2.75, 3.05) is 0 Å². The lowest BCUT2D eigenvalue weighted by Gasteiger charge is -2.18. The second-order valence-electron chi connectivity index (χ2n) is 18.9. The van der Waals surface area contributed by atoms with E-state index in [0.717, 1.165) is 0 Å². The molecule has 0 spiro atoms. The standard InChI is InChI=1S/C70H42/c1-5-21-43(22-6-1)49-31-15-17-33-51(49)63-54-36-20-19-35-53(54)61(45-25-9-3-10-26-45)67-55-37-40-58-66-56(38-39-57(65(55)66)69(63)67)68-62(46-27-11-4-12-28-46)59-41-47-29-13-14-30-48(47)42-60(59)64(70(58)68)52-34-18-16-32-50(52)44-23-7-2-8-24-44/h1-42H. The molecule has 0 saturated heterocycles. The van der Waals surface area contributed by atoms with Crippen LogP contribution in [0.3, 0.4) is 0 Å². The molecule has 2 aliphatic carbocycles. The zero-order chi connectivity index (χ0) is 45.9. The van der Waals surface area contributed by atoms with Crippen LogP contribution in [0.5, 0.6) is 0 Å². The van der Waals surface area contributed by atoms with E-state index in [-0.39, 0.29) is 0 Å². The molecule has 0 aliphatic heterocycles. The van der Waals surface area contributed by atoms with Gasteiger partial charge in [-0.3, -0.25) is 0 Å². The number of hydrogen-bond acceptors (Lipinski definition) is 0. The fraction of sp³-hybridized carbons (Fsp3) is 0. The fourth-order valence-electron chi connectivity index (χ4n) is 12.5. The third-order valence-electron chi connectivity index (χ3n) is 15.3. The Morgan fingerprint density at radius 3 is 0.900 bits per heavy atom. The minimum atomic E-state index is 1.21. The van der Waals surface area contributed by atoms with E-state index in [1.807, 2.05) is 0 Å². The van der Waals surface area contributed by atoms with Gasteiger partial charge in [-0.05, 0) is 164 Å². The summed E-state index contributed by atoms with van der Waals surface area (Å²) in [5.74, 6) is 0. The molecule has 13 aromatic rings. The second kappa shape index (κ2) is 15.2. The maximum absolute atomic E-state index is 2.48. The highest BCUT2D eigenvalue weighted by atomic mass is 14.3. The molecule has 0 atom stereocenters. The first-order valence-electron chi connectivity index (χ1n) is 24.4. The molecule has 0 nitrogen and oxygen atoms in total. The van der Waals surface area contributed by atoms with Crippen LogP contribution < -0.4 is 0 Å². The molecule has 322 valence electrons. The Bertz CT molecular complexity index is 4780. The van der Waals surface area contributed by atoms with Gasteiger partial charge in [0, 0.05) is 0 Å². The average molecular weight is 883 g/mol. The number of fused-ring (bicyclic) bond motifs is 5. The molecule has 13 aromatic carbocycles. The van der Waals surface area contributed by atoms with Crippen molar-refractivity contribution in [2.24, 2.45) is 0 Å². The van der Waals surface area contributed by atoms with E-state index in [1.54, 1.807) is 0 Å². The van der Waals surface area contributed by atoms with Crippen LogP contribution in [0.25, 0.3) is 110 Å². The van der Waals surface area contributed by atoms with Gasteiger partial charge in [0.25, 0.3) is 0 Å². The molecule has 70 heavy (non-hydrogen) atoms. The SMILES string of the molecule is c1ccc(-c2ccccc2-c2c3c(c(-c4ccccc4)c4ccccc24)=c2ccc4c5c(ccc=3c25)=c2c(-c3ccccc3)c3cc5ccccc5cc3c(-c3ccccc3-c3ccccc3)c2=4)cc1. The summed E-state index contributed by atoms with van der Waals surface area (Å²) in [6.07, 6.45) is 0. The normalized spacial score (nSPS) is 12.0. The lowest BCUT2D eigenvalue weighted by Crippen LogP contribution is -1.95. The van der Waals surface area contributed by atoms with E-state index in [4.69, 9.17) is 0 Å². The van der Waals surface area contributed by atoms with Gasteiger partial charge >= 0.3 is 0 Å². The van der Waals surface area contributed by atoms with E-state index in [1.165, 1.54) is 152 Å². The molecule has 0 unspecified atom stereocenters. The molecule has 0 heteroatoms. The fourth-order valence-corrected chi connectivity index (χ4v) is 12.5. The van der Waals surface area contributed by atoms with Crippen LogP contribution in [0, 0.1) is 41.7 Å². The highest BCUT2D eigenvalue weighted by Crippen LogP contribution is 2.48. The second-order valence-corrected chi connectivity index (χ2v) is 18.9. The number of benzene rings is 13. The van der Waals surface area contributed by atoms with Gasteiger partial charge in [-0.1, -0.05) is 243 Å². The summed E-state index contributed by atoms with van der Waals surface area (Å²) in [6.45, 7) is 0. The van der Waals surface area contributed by atoms with Crippen LogP contribution in [0.2, 0.25) is 0 Å². The minimum Gasteiger partial charge on any atom is -0.0622 e. The van der Waals surface area contributed by atoms with Crippen molar-refractivity contribution < 1.29 is 0 Å².